The fraction of sp³-hybridized carbons (Fsp3) is 0.333. The van der Waals surface area contributed by atoms with Crippen LogP contribution in [-0.4, -0.2) is 29.1 Å². The molecule has 2 rings (SSSR count). The molecule has 1 aliphatic heterocycles. The predicted octanol–water partition coefficient (Wildman–Crippen LogP) is 3.19. The van der Waals surface area contributed by atoms with Crippen molar-refractivity contribution in [2.45, 2.75) is 19.6 Å². The lowest BCUT2D eigenvalue weighted by molar-refractivity contribution is -0.138. The molecule has 124 valence electrons. The van der Waals surface area contributed by atoms with Gasteiger partial charge in [-0.1, -0.05) is 23.9 Å². The van der Waals surface area contributed by atoms with Gasteiger partial charge in [-0.15, -0.1) is 0 Å². The van der Waals surface area contributed by atoms with Crippen LogP contribution in [0.5, 0.6) is 0 Å². The van der Waals surface area contributed by atoms with Gasteiger partial charge >= 0.3 is 12.1 Å². The van der Waals surface area contributed by atoms with E-state index in [1.54, 1.807) is 6.92 Å². The van der Waals surface area contributed by atoms with Crippen molar-refractivity contribution in [2.24, 2.45) is 0 Å². The number of esters is 1. The summed E-state index contributed by atoms with van der Waals surface area (Å²) < 4.78 is 42.4. The molecule has 23 heavy (non-hydrogen) atoms. The number of carbonyl (C=O) groups is 2. The van der Waals surface area contributed by atoms with Crippen molar-refractivity contribution < 1.29 is 27.5 Å². The van der Waals surface area contributed by atoms with Crippen LogP contribution < -0.4 is 0 Å². The third kappa shape index (κ3) is 4.51. The zero-order valence-corrected chi connectivity index (χ0v) is 13.0. The van der Waals surface area contributed by atoms with Crippen LogP contribution in [-0.2, 0) is 27.0 Å². The van der Waals surface area contributed by atoms with Gasteiger partial charge in [-0.3, -0.25) is 4.79 Å². The summed E-state index contributed by atoms with van der Waals surface area (Å²) in [5, 5.41) is 0.438. The van der Waals surface area contributed by atoms with Gasteiger partial charge < -0.3 is 9.64 Å². The molecule has 0 saturated carbocycles. The molecule has 0 N–H and O–H groups in total. The second kappa shape index (κ2) is 7.08. The van der Waals surface area contributed by atoms with Crippen molar-refractivity contribution in [3.8, 4) is 0 Å². The van der Waals surface area contributed by atoms with Gasteiger partial charge in [0.05, 0.1) is 35.6 Å². The normalized spacial score (nSPS) is 17.0. The van der Waals surface area contributed by atoms with E-state index in [0.29, 0.717) is 10.6 Å². The van der Waals surface area contributed by atoms with Crippen LogP contribution in [0, 0.1) is 0 Å². The standard InChI is InChI=1S/C15H14F3NO3S/c1-2-22-14(21)7-13-19(12(20)9-23-13)8-10-3-5-11(6-4-10)15(16,17)18/h3-7H,2,8-9H2,1H3. The fourth-order valence-corrected chi connectivity index (χ4v) is 2.90. The Morgan fingerprint density at radius 2 is 2.00 bits per heavy atom. The molecule has 1 aromatic carbocycles. The minimum atomic E-state index is -4.40. The van der Waals surface area contributed by atoms with Crippen LogP contribution in [0.2, 0.25) is 0 Å². The Hall–Kier alpha value is -1.96. The minimum Gasteiger partial charge on any atom is -0.463 e. The second-order valence-electron chi connectivity index (χ2n) is 4.70. The molecule has 1 fully saturated rings. The molecule has 4 nitrogen and oxygen atoms in total. The Morgan fingerprint density at radius 3 is 2.57 bits per heavy atom. The first kappa shape index (κ1) is 17.4. The number of hydrogen-bond acceptors (Lipinski definition) is 4. The number of thioether (sulfide) groups is 1. The third-order valence-corrected chi connectivity index (χ3v) is 4.09. The highest BCUT2D eigenvalue weighted by Crippen LogP contribution is 2.32. The molecule has 1 aliphatic rings. The van der Waals surface area contributed by atoms with Crippen molar-refractivity contribution in [1.29, 1.82) is 0 Å². The largest absolute Gasteiger partial charge is 0.463 e. The van der Waals surface area contributed by atoms with Crippen LogP contribution in [0.3, 0.4) is 0 Å². The van der Waals surface area contributed by atoms with E-state index in [1.807, 2.05) is 0 Å². The Morgan fingerprint density at radius 1 is 1.35 bits per heavy atom. The molecule has 1 saturated heterocycles. The SMILES string of the molecule is CCOC(=O)C=C1SCC(=O)N1Cc1ccc(C(F)(F)F)cc1. The first-order valence-electron chi connectivity index (χ1n) is 6.79. The Kier molecular flexibility index (Phi) is 5.35. The number of nitrogens with zero attached hydrogens (tertiary/aromatic N) is 1. The lowest BCUT2D eigenvalue weighted by Gasteiger charge is -2.17. The smallest absolute Gasteiger partial charge is 0.416 e. The van der Waals surface area contributed by atoms with Gasteiger partial charge in [0, 0.05) is 0 Å². The number of benzene rings is 1. The average molecular weight is 345 g/mol. The molecule has 0 spiro atoms. The van der Waals surface area contributed by atoms with E-state index in [2.05, 4.69) is 0 Å². The van der Waals surface area contributed by atoms with Crippen molar-refractivity contribution in [3.05, 3.63) is 46.5 Å². The van der Waals surface area contributed by atoms with Gasteiger partial charge in [0.25, 0.3) is 0 Å². The van der Waals surface area contributed by atoms with Crippen molar-refractivity contribution >= 4 is 23.6 Å². The molecule has 1 heterocycles. The molecule has 1 amide bonds. The highest BCUT2D eigenvalue weighted by molar-refractivity contribution is 8.04. The van der Waals surface area contributed by atoms with E-state index in [9.17, 15) is 22.8 Å². The van der Waals surface area contributed by atoms with E-state index >= 15 is 0 Å². The first-order chi connectivity index (χ1) is 10.8. The van der Waals surface area contributed by atoms with E-state index < -0.39 is 17.7 Å². The van der Waals surface area contributed by atoms with E-state index in [-0.39, 0.29) is 24.8 Å². The van der Waals surface area contributed by atoms with Crippen LogP contribution in [0.1, 0.15) is 18.1 Å². The summed E-state index contributed by atoms with van der Waals surface area (Å²) in [5.41, 5.74) is -0.200. The Labute approximate surface area is 135 Å². The topological polar surface area (TPSA) is 46.6 Å². The molecule has 0 aliphatic carbocycles. The van der Waals surface area contributed by atoms with Crippen LogP contribution in [0.25, 0.3) is 0 Å². The molecule has 8 heteroatoms. The van der Waals surface area contributed by atoms with Gasteiger partial charge in [-0.2, -0.15) is 13.2 Å². The molecule has 0 unspecified atom stereocenters. The maximum absolute atomic E-state index is 12.5. The highest BCUT2D eigenvalue weighted by atomic mass is 32.2. The summed E-state index contributed by atoms with van der Waals surface area (Å²) in [4.78, 5) is 24.7. The van der Waals surface area contributed by atoms with E-state index in [0.717, 1.165) is 12.1 Å². The van der Waals surface area contributed by atoms with E-state index in [1.165, 1.54) is 34.9 Å². The Balaban J connectivity index is 2.13. The summed E-state index contributed by atoms with van der Waals surface area (Å²) in [7, 11) is 0. The van der Waals surface area contributed by atoms with Crippen molar-refractivity contribution in [3.63, 3.8) is 0 Å². The van der Waals surface area contributed by atoms with E-state index in [4.69, 9.17) is 4.74 Å². The van der Waals surface area contributed by atoms with Gasteiger partial charge in [-0.05, 0) is 24.6 Å². The number of ether oxygens (including phenoxy) is 1. The quantitative estimate of drug-likeness (QED) is 0.621. The summed E-state index contributed by atoms with van der Waals surface area (Å²) in [6.45, 7) is 2.00. The summed E-state index contributed by atoms with van der Waals surface area (Å²) in [6.07, 6.45) is -3.17. The molecule has 1 aromatic rings. The lowest BCUT2D eigenvalue weighted by Crippen LogP contribution is -2.24. The molecule has 0 aromatic heterocycles. The number of alkyl halides is 3. The zero-order chi connectivity index (χ0) is 17.0. The highest BCUT2D eigenvalue weighted by Gasteiger charge is 2.31. The minimum absolute atomic E-state index is 0.106. The van der Waals surface area contributed by atoms with Gasteiger partial charge in [0.2, 0.25) is 5.91 Å². The second-order valence-corrected chi connectivity index (χ2v) is 5.69. The summed E-state index contributed by atoms with van der Waals surface area (Å²) in [5.74, 6) is -0.571. The fourth-order valence-electron chi connectivity index (χ4n) is 1.97. The number of hydrogen-bond donors (Lipinski definition) is 0. The van der Waals surface area contributed by atoms with Crippen LogP contribution >= 0.6 is 11.8 Å². The van der Waals surface area contributed by atoms with Crippen molar-refractivity contribution in [1.82, 2.24) is 4.90 Å². The number of amides is 1. The monoisotopic (exact) mass is 345 g/mol. The van der Waals surface area contributed by atoms with Gasteiger partial charge in [0.15, 0.2) is 0 Å². The maximum Gasteiger partial charge on any atom is 0.416 e. The van der Waals surface area contributed by atoms with Gasteiger partial charge in [0.1, 0.15) is 0 Å². The number of carbonyl (C=O) groups excluding carboxylic acids is 2. The van der Waals surface area contributed by atoms with Crippen LogP contribution in [0.4, 0.5) is 13.2 Å². The maximum atomic E-state index is 12.5. The third-order valence-electron chi connectivity index (χ3n) is 3.06. The molecule has 0 atom stereocenters. The zero-order valence-electron chi connectivity index (χ0n) is 12.2. The first-order valence-corrected chi connectivity index (χ1v) is 7.77. The predicted molar refractivity (Wildman–Crippen MR) is 79.2 cm³/mol. The lowest BCUT2D eigenvalue weighted by atomic mass is 10.1. The average Bonchev–Trinajstić information content (AvgIpc) is 2.80. The number of halogens is 3. The van der Waals surface area contributed by atoms with Crippen molar-refractivity contribution in [2.75, 3.05) is 12.4 Å². The molecule has 0 bridgehead atoms. The summed E-state index contributed by atoms with van der Waals surface area (Å²) in [6, 6.07) is 4.58. The molecule has 0 radical (unpaired) electrons. The van der Waals surface area contributed by atoms with Crippen LogP contribution in [0.15, 0.2) is 35.4 Å². The summed E-state index contributed by atoms with van der Waals surface area (Å²) >= 11 is 1.20. The Bertz CT molecular complexity index is 626. The number of rotatable bonds is 4. The molecular weight excluding hydrogens is 331 g/mol. The molecular formula is C15H14F3NO3S. The van der Waals surface area contributed by atoms with Gasteiger partial charge in [-0.25, -0.2) is 4.79 Å².